The molecule has 1 fully saturated rings. The molecule has 0 aliphatic carbocycles. The zero-order valence-electron chi connectivity index (χ0n) is 13.6. The Morgan fingerprint density at radius 2 is 1.88 bits per heavy atom. The summed E-state index contributed by atoms with van der Waals surface area (Å²) in [5, 5.41) is 0. The van der Waals surface area contributed by atoms with Crippen LogP contribution in [-0.4, -0.2) is 25.0 Å². The lowest BCUT2D eigenvalue weighted by atomic mass is 9.95. The highest BCUT2D eigenvalue weighted by Crippen LogP contribution is 2.32. The van der Waals surface area contributed by atoms with Crippen LogP contribution in [0, 0.1) is 0 Å². The van der Waals surface area contributed by atoms with Gasteiger partial charge in [0.05, 0.1) is 4.90 Å². The van der Waals surface area contributed by atoms with E-state index in [1.807, 2.05) is 6.92 Å². The zero-order chi connectivity index (χ0) is 17.0. The van der Waals surface area contributed by atoms with Crippen LogP contribution in [0.3, 0.4) is 0 Å². The monoisotopic (exact) mass is 347 g/mol. The smallest absolute Gasteiger partial charge is 0.240 e. The Morgan fingerprint density at radius 1 is 1.17 bits per heavy atom. The third-order valence-electron chi connectivity index (χ3n) is 4.17. The van der Waals surface area contributed by atoms with Crippen LogP contribution < -0.4 is 4.72 Å². The first-order valence-electron chi connectivity index (χ1n) is 8.00. The van der Waals surface area contributed by atoms with E-state index in [0.717, 1.165) is 25.9 Å². The Labute approximate surface area is 142 Å². The maximum Gasteiger partial charge on any atom is 0.240 e. The van der Waals surface area contributed by atoms with Crippen LogP contribution in [-0.2, 0) is 26.9 Å². The van der Waals surface area contributed by atoms with Crippen molar-refractivity contribution in [3.8, 4) is 0 Å². The summed E-state index contributed by atoms with van der Waals surface area (Å²) in [6.07, 6.45) is 6.36. The van der Waals surface area contributed by atoms with Gasteiger partial charge in [-0.2, -0.15) is 0 Å². The summed E-state index contributed by atoms with van der Waals surface area (Å²) < 4.78 is 32.8. The second-order valence-corrected chi connectivity index (χ2v) is 7.86. The van der Waals surface area contributed by atoms with Crippen LogP contribution in [0.1, 0.15) is 37.6 Å². The zero-order valence-corrected chi connectivity index (χ0v) is 14.4. The minimum Gasteiger partial charge on any atom is -0.367 e. The van der Waals surface area contributed by atoms with E-state index in [2.05, 4.69) is 14.7 Å². The summed E-state index contributed by atoms with van der Waals surface area (Å²) in [4.78, 5) is 8.99. The molecular formula is C17H21N3O3S. The Balaban J connectivity index is 1.66. The molecule has 0 spiro atoms. The highest BCUT2D eigenvalue weighted by molar-refractivity contribution is 7.89. The van der Waals surface area contributed by atoms with Crippen LogP contribution >= 0.6 is 0 Å². The molecule has 1 saturated heterocycles. The number of aromatic nitrogens is 2. The predicted molar refractivity (Wildman–Crippen MR) is 89.7 cm³/mol. The minimum atomic E-state index is -3.53. The van der Waals surface area contributed by atoms with Crippen molar-refractivity contribution in [1.29, 1.82) is 0 Å². The molecule has 2 aromatic rings. The summed E-state index contributed by atoms with van der Waals surface area (Å²) in [7, 11) is -3.53. The number of hydrogen-bond donors (Lipinski definition) is 1. The fraction of sp³-hybridized carbons (Fsp3) is 0.412. The molecule has 1 aliphatic rings. The Hall–Kier alpha value is -1.83. The maximum atomic E-state index is 12.2. The molecule has 2 heterocycles. The highest BCUT2D eigenvalue weighted by Gasteiger charge is 2.32. The molecule has 1 atom stereocenters. The quantitative estimate of drug-likeness (QED) is 0.898. The minimum absolute atomic E-state index is 0.148. The van der Waals surface area contributed by atoms with Gasteiger partial charge in [-0.25, -0.2) is 23.1 Å². The van der Waals surface area contributed by atoms with Gasteiger partial charge in [-0.05, 0) is 38.3 Å². The molecule has 24 heavy (non-hydrogen) atoms. The van der Waals surface area contributed by atoms with Gasteiger partial charge in [0.2, 0.25) is 10.0 Å². The number of rotatable bonds is 5. The topological polar surface area (TPSA) is 81.2 Å². The van der Waals surface area contributed by atoms with Crippen molar-refractivity contribution in [1.82, 2.24) is 14.7 Å². The van der Waals surface area contributed by atoms with Crippen LogP contribution in [0.15, 0.2) is 47.6 Å². The Morgan fingerprint density at radius 3 is 2.50 bits per heavy atom. The maximum absolute atomic E-state index is 12.2. The molecule has 7 heteroatoms. The molecule has 128 valence electrons. The summed E-state index contributed by atoms with van der Waals surface area (Å²) >= 11 is 0. The molecule has 3 rings (SSSR count). The SMILES string of the molecule is C[C@@]1(c2ncc(CNS(=O)(=O)c3ccccc3)cn2)CCCCO1. The first-order valence-corrected chi connectivity index (χ1v) is 9.48. The van der Waals surface area contributed by atoms with E-state index in [1.54, 1.807) is 42.7 Å². The normalized spacial score (nSPS) is 21.5. The van der Waals surface area contributed by atoms with Gasteiger partial charge in [0, 0.05) is 31.1 Å². The van der Waals surface area contributed by atoms with E-state index in [4.69, 9.17) is 4.74 Å². The number of sulfonamides is 1. The highest BCUT2D eigenvalue weighted by atomic mass is 32.2. The van der Waals surface area contributed by atoms with Gasteiger partial charge in [0.15, 0.2) is 5.82 Å². The largest absolute Gasteiger partial charge is 0.367 e. The van der Waals surface area contributed by atoms with Crippen molar-refractivity contribution < 1.29 is 13.2 Å². The third kappa shape index (κ3) is 3.80. The average molecular weight is 347 g/mol. The lowest BCUT2D eigenvalue weighted by molar-refractivity contribution is -0.0760. The van der Waals surface area contributed by atoms with Gasteiger partial charge in [0.1, 0.15) is 5.60 Å². The molecule has 0 bridgehead atoms. The van der Waals surface area contributed by atoms with Crippen LogP contribution in [0.5, 0.6) is 0 Å². The van der Waals surface area contributed by atoms with Gasteiger partial charge < -0.3 is 4.74 Å². The van der Waals surface area contributed by atoms with E-state index in [1.165, 1.54) is 0 Å². The number of nitrogens with one attached hydrogen (secondary N) is 1. The number of nitrogens with zero attached hydrogens (tertiary/aromatic N) is 2. The third-order valence-corrected chi connectivity index (χ3v) is 5.58. The molecule has 6 nitrogen and oxygen atoms in total. The van der Waals surface area contributed by atoms with Gasteiger partial charge >= 0.3 is 0 Å². The predicted octanol–water partition coefficient (Wildman–Crippen LogP) is 2.37. The molecule has 0 amide bonds. The van der Waals surface area contributed by atoms with Crippen molar-refractivity contribution in [2.24, 2.45) is 0 Å². The van der Waals surface area contributed by atoms with Gasteiger partial charge in [-0.15, -0.1) is 0 Å². The molecule has 1 aromatic carbocycles. The molecule has 0 unspecified atom stereocenters. The van der Waals surface area contributed by atoms with E-state index in [0.29, 0.717) is 11.4 Å². The standard InChI is InChI=1S/C17H21N3O3S/c1-17(9-5-6-10-23-17)16-18-11-14(12-19-16)13-20-24(21,22)15-7-3-2-4-8-15/h2-4,7-8,11-12,20H,5-6,9-10,13H2,1H3/t17-/m0/s1. The first-order chi connectivity index (χ1) is 11.5. The Bertz CT molecular complexity index is 770. The average Bonchev–Trinajstić information content (AvgIpc) is 2.62. The lowest BCUT2D eigenvalue weighted by Crippen LogP contribution is -2.32. The van der Waals surface area contributed by atoms with Crippen LogP contribution in [0.25, 0.3) is 0 Å². The van der Waals surface area contributed by atoms with Crippen LogP contribution in [0.4, 0.5) is 0 Å². The van der Waals surface area contributed by atoms with E-state index in [-0.39, 0.29) is 11.4 Å². The van der Waals surface area contributed by atoms with E-state index >= 15 is 0 Å². The second-order valence-electron chi connectivity index (χ2n) is 6.09. The number of ether oxygens (including phenoxy) is 1. The fourth-order valence-corrected chi connectivity index (χ4v) is 3.73. The van der Waals surface area contributed by atoms with Crippen LogP contribution in [0.2, 0.25) is 0 Å². The van der Waals surface area contributed by atoms with E-state index < -0.39 is 15.6 Å². The lowest BCUT2D eigenvalue weighted by Gasteiger charge is -2.32. The fourth-order valence-electron chi connectivity index (χ4n) is 2.69. The van der Waals surface area contributed by atoms with Crippen molar-refractivity contribution in [3.05, 3.63) is 54.1 Å². The molecule has 1 aliphatic heterocycles. The number of hydrogen-bond acceptors (Lipinski definition) is 5. The summed E-state index contributed by atoms with van der Waals surface area (Å²) in [5.74, 6) is 0.650. The number of benzene rings is 1. The second kappa shape index (κ2) is 6.96. The van der Waals surface area contributed by atoms with Crippen molar-refractivity contribution in [2.75, 3.05) is 6.61 Å². The molecule has 1 aromatic heterocycles. The molecule has 0 saturated carbocycles. The van der Waals surface area contributed by atoms with Crippen molar-refractivity contribution in [3.63, 3.8) is 0 Å². The molecular weight excluding hydrogens is 326 g/mol. The first kappa shape index (κ1) is 17.0. The summed E-state index contributed by atoms with van der Waals surface area (Å²) in [5.41, 5.74) is 0.262. The molecule has 0 radical (unpaired) electrons. The van der Waals surface area contributed by atoms with Gasteiger partial charge in [0.25, 0.3) is 0 Å². The molecule has 1 N–H and O–H groups in total. The Kier molecular flexibility index (Phi) is 4.93. The van der Waals surface area contributed by atoms with E-state index in [9.17, 15) is 8.42 Å². The summed E-state index contributed by atoms with van der Waals surface area (Å²) in [6, 6.07) is 8.28. The van der Waals surface area contributed by atoms with Gasteiger partial charge in [-0.1, -0.05) is 18.2 Å². The van der Waals surface area contributed by atoms with Gasteiger partial charge in [-0.3, -0.25) is 0 Å². The summed E-state index contributed by atoms with van der Waals surface area (Å²) in [6.45, 7) is 2.87. The van der Waals surface area contributed by atoms with Crippen molar-refractivity contribution >= 4 is 10.0 Å². The van der Waals surface area contributed by atoms with Crippen molar-refractivity contribution in [2.45, 2.75) is 43.2 Å².